The molecule has 1 fully saturated rings. The van der Waals surface area contributed by atoms with Crippen molar-refractivity contribution in [1.29, 1.82) is 0 Å². The lowest BCUT2D eigenvalue weighted by atomic mass is 10.2. The summed E-state index contributed by atoms with van der Waals surface area (Å²) in [6.07, 6.45) is 4.15. The highest BCUT2D eigenvalue weighted by Gasteiger charge is 2.22. The van der Waals surface area contributed by atoms with Crippen molar-refractivity contribution in [2.45, 2.75) is 30.9 Å². The van der Waals surface area contributed by atoms with Crippen LogP contribution in [0.3, 0.4) is 0 Å². The van der Waals surface area contributed by atoms with Crippen LogP contribution in [0.15, 0.2) is 4.52 Å². The first-order valence-electron chi connectivity index (χ1n) is 4.90. The molecule has 0 aliphatic carbocycles. The number of rotatable bonds is 4. The van der Waals surface area contributed by atoms with Gasteiger partial charge in [0, 0.05) is 12.3 Å². The molecular weight excluding hydrogens is 220 g/mol. The molecule has 1 aliphatic rings. The van der Waals surface area contributed by atoms with Gasteiger partial charge in [0.15, 0.2) is 5.82 Å². The molecule has 78 valence electrons. The van der Waals surface area contributed by atoms with Crippen molar-refractivity contribution < 1.29 is 4.52 Å². The molecule has 0 saturated carbocycles. The first-order chi connectivity index (χ1) is 6.90. The molecule has 0 N–H and O–H groups in total. The number of alkyl halides is 1. The van der Waals surface area contributed by atoms with Crippen molar-refractivity contribution in [1.82, 2.24) is 10.1 Å². The van der Waals surface area contributed by atoms with Gasteiger partial charge in [-0.1, -0.05) is 5.16 Å². The van der Waals surface area contributed by atoms with Crippen LogP contribution in [0, 0.1) is 0 Å². The number of thioether (sulfide) groups is 1. The quantitative estimate of drug-likeness (QED) is 0.749. The van der Waals surface area contributed by atoms with Gasteiger partial charge in [-0.25, -0.2) is 0 Å². The van der Waals surface area contributed by atoms with Gasteiger partial charge in [-0.2, -0.15) is 16.7 Å². The normalized spacial score (nSPS) is 21.6. The average molecular weight is 233 g/mol. The van der Waals surface area contributed by atoms with E-state index in [-0.39, 0.29) is 0 Å². The molecule has 1 atom stereocenters. The number of nitrogens with zero attached hydrogens (tertiary/aromatic N) is 2. The first kappa shape index (κ1) is 10.3. The number of aryl methyl sites for hydroxylation is 1. The third kappa shape index (κ3) is 2.42. The number of halogens is 1. The Kier molecular flexibility index (Phi) is 3.70. The summed E-state index contributed by atoms with van der Waals surface area (Å²) in [5.74, 6) is 3.47. The third-order valence-electron chi connectivity index (χ3n) is 2.23. The highest BCUT2D eigenvalue weighted by molar-refractivity contribution is 7.99. The van der Waals surface area contributed by atoms with E-state index in [4.69, 9.17) is 16.1 Å². The van der Waals surface area contributed by atoms with E-state index in [1.54, 1.807) is 0 Å². The summed E-state index contributed by atoms with van der Waals surface area (Å²) in [7, 11) is 0. The van der Waals surface area contributed by atoms with Gasteiger partial charge in [-0.15, -0.1) is 11.6 Å². The molecule has 14 heavy (non-hydrogen) atoms. The van der Waals surface area contributed by atoms with Crippen molar-refractivity contribution >= 4 is 23.4 Å². The van der Waals surface area contributed by atoms with Gasteiger partial charge in [0.25, 0.3) is 0 Å². The average Bonchev–Trinajstić information content (AvgIpc) is 2.85. The molecule has 1 aliphatic heterocycles. The fourth-order valence-electron chi connectivity index (χ4n) is 1.50. The molecule has 0 spiro atoms. The van der Waals surface area contributed by atoms with Crippen LogP contribution < -0.4 is 0 Å². The Morgan fingerprint density at radius 2 is 2.50 bits per heavy atom. The Morgan fingerprint density at radius 3 is 3.21 bits per heavy atom. The molecule has 1 saturated heterocycles. The van der Waals surface area contributed by atoms with Crippen molar-refractivity contribution in [3.8, 4) is 0 Å². The standard InChI is InChI=1S/C9H13ClN2OS/c10-5-1-4-8-11-9(12-13-8)7-3-2-6-14-7/h7H,1-6H2. The van der Waals surface area contributed by atoms with E-state index >= 15 is 0 Å². The Labute approximate surface area is 92.6 Å². The molecule has 2 rings (SSSR count). The van der Waals surface area contributed by atoms with Gasteiger partial charge in [0.1, 0.15) is 0 Å². The van der Waals surface area contributed by atoms with Crippen molar-refractivity contribution in [2.75, 3.05) is 11.6 Å². The minimum atomic E-state index is 0.462. The SMILES string of the molecule is ClCCCc1nc(C2CCCS2)no1. The molecule has 1 unspecified atom stereocenters. The van der Waals surface area contributed by atoms with E-state index in [1.165, 1.54) is 18.6 Å². The third-order valence-corrected chi connectivity index (χ3v) is 3.87. The van der Waals surface area contributed by atoms with Crippen molar-refractivity contribution in [2.24, 2.45) is 0 Å². The summed E-state index contributed by atoms with van der Waals surface area (Å²) in [4.78, 5) is 4.37. The molecule has 0 amide bonds. The van der Waals surface area contributed by atoms with Crippen LogP contribution in [0.5, 0.6) is 0 Å². The van der Waals surface area contributed by atoms with Gasteiger partial charge in [-0.3, -0.25) is 0 Å². The lowest BCUT2D eigenvalue weighted by Gasteiger charge is -1.98. The Balaban J connectivity index is 1.94. The second kappa shape index (κ2) is 5.03. The molecule has 1 aromatic heterocycles. The molecule has 3 nitrogen and oxygen atoms in total. The largest absolute Gasteiger partial charge is 0.339 e. The van der Waals surface area contributed by atoms with E-state index in [1.807, 2.05) is 11.8 Å². The topological polar surface area (TPSA) is 38.9 Å². The van der Waals surface area contributed by atoms with Gasteiger partial charge < -0.3 is 4.52 Å². The summed E-state index contributed by atoms with van der Waals surface area (Å²) in [6, 6.07) is 0. The molecule has 0 radical (unpaired) electrons. The number of hydrogen-bond acceptors (Lipinski definition) is 4. The Bertz CT molecular complexity index is 286. The maximum atomic E-state index is 5.59. The predicted octanol–water partition coefficient (Wildman–Crippen LogP) is 2.81. The number of hydrogen-bond donors (Lipinski definition) is 0. The smallest absolute Gasteiger partial charge is 0.226 e. The summed E-state index contributed by atoms with van der Waals surface area (Å²) < 4.78 is 5.15. The van der Waals surface area contributed by atoms with Crippen molar-refractivity contribution in [3.05, 3.63) is 11.7 Å². The second-order valence-corrected chi connectivity index (χ2v) is 5.03. The first-order valence-corrected chi connectivity index (χ1v) is 6.48. The van der Waals surface area contributed by atoms with Gasteiger partial charge in [-0.05, 0) is 25.0 Å². The van der Waals surface area contributed by atoms with E-state index in [9.17, 15) is 0 Å². The second-order valence-electron chi connectivity index (χ2n) is 3.34. The Hall–Kier alpha value is -0.220. The van der Waals surface area contributed by atoms with E-state index in [0.29, 0.717) is 11.1 Å². The number of aromatic nitrogens is 2. The van der Waals surface area contributed by atoms with Crippen molar-refractivity contribution in [3.63, 3.8) is 0 Å². The summed E-state index contributed by atoms with van der Waals surface area (Å²) in [5.41, 5.74) is 0. The van der Waals surface area contributed by atoms with E-state index < -0.39 is 0 Å². The lowest BCUT2D eigenvalue weighted by Crippen LogP contribution is -1.92. The summed E-state index contributed by atoms with van der Waals surface area (Å²) in [5, 5.41) is 4.46. The molecular formula is C9H13ClN2OS. The van der Waals surface area contributed by atoms with Crippen LogP contribution in [0.1, 0.15) is 36.2 Å². The predicted molar refractivity (Wildman–Crippen MR) is 57.8 cm³/mol. The molecule has 2 heterocycles. The maximum Gasteiger partial charge on any atom is 0.226 e. The van der Waals surface area contributed by atoms with Crippen LogP contribution in [-0.4, -0.2) is 21.8 Å². The van der Waals surface area contributed by atoms with Crippen LogP contribution in [0.25, 0.3) is 0 Å². The van der Waals surface area contributed by atoms with Crippen LogP contribution in [0.2, 0.25) is 0 Å². The van der Waals surface area contributed by atoms with E-state index in [0.717, 1.165) is 24.6 Å². The monoisotopic (exact) mass is 232 g/mol. The van der Waals surface area contributed by atoms with Gasteiger partial charge in [0.2, 0.25) is 5.89 Å². The van der Waals surface area contributed by atoms with Crippen LogP contribution >= 0.6 is 23.4 Å². The molecule has 1 aromatic rings. The summed E-state index contributed by atoms with van der Waals surface area (Å²) >= 11 is 7.51. The minimum Gasteiger partial charge on any atom is -0.339 e. The molecule has 0 bridgehead atoms. The van der Waals surface area contributed by atoms with Gasteiger partial charge >= 0.3 is 0 Å². The van der Waals surface area contributed by atoms with Crippen LogP contribution in [0.4, 0.5) is 0 Å². The minimum absolute atomic E-state index is 0.462. The highest BCUT2D eigenvalue weighted by atomic mass is 35.5. The maximum absolute atomic E-state index is 5.59. The Morgan fingerprint density at radius 1 is 1.57 bits per heavy atom. The van der Waals surface area contributed by atoms with Gasteiger partial charge in [0.05, 0.1) is 5.25 Å². The van der Waals surface area contributed by atoms with E-state index in [2.05, 4.69) is 10.1 Å². The fourth-order valence-corrected chi connectivity index (χ4v) is 2.83. The molecule has 5 heteroatoms. The van der Waals surface area contributed by atoms with Crippen LogP contribution in [-0.2, 0) is 6.42 Å². The highest BCUT2D eigenvalue weighted by Crippen LogP contribution is 2.38. The zero-order chi connectivity index (χ0) is 9.80. The lowest BCUT2D eigenvalue weighted by molar-refractivity contribution is 0.371. The zero-order valence-electron chi connectivity index (χ0n) is 7.91. The summed E-state index contributed by atoms with van der Waals surface area (Å²) in [6.45, 7) is 0. The molecule has 0 aromatic carbocycles. The zero-order valence-corrected chi connectivity index (χ0v) is 9.48. The fraction of sp³-hybridized carbons (Fsp3) is 0.778.